The van der Waals surface area contributed by atoms with Gasteiger partial charge in [0.25, 0.3) is 0 Å². The van der Waals surface area contributed by atoms with Crippen LogP contribution in [0.1, 0.15) is 37.8 Å². The van der Waals surface area contributed by atoms with Crippen LogP contribution in [0.5, 0.6) is 5.75 Å². The predicted molar refractivity (Wildman–Crippen MR) is 80.4 cm³/mol. The van der Waals surface area contributed by atoms with Gasteiger partial charge in [0, 0.05) is 6.42 Å². The number of ether oxygens (including phenoxy) is 1. The van der Waals surface area contributed by atoms with Crippen LogP contribution in [0.25, 0.3) is 0 Å². The van der Waals surface area contributed by atoms with Gasteiger partial charge in [-0.3, -0.25) is 4.79 Å². The van der Waals surface area contributed by atoms with Crippen LogP contribution in [0.15, 0.2) is 18.2 Å². The van der Waals surface area contributed by atoms with Gasteiger partial charge in [-0.2, -0.15) is 0 Å². The lowest BCUT2D eigenvalue weighted by atomic mass is 9.98. The van der Waals surface area contributed by atoms with E-state index in [1.807, 2.05) is 32.0 Å². The molecule has 4 nitrogen and oxygen atoms in total. The van der Waals surface area contributed by atoms with E-state index in [-0.39, 0.29) is 0 Å². The maximum absolute atomic E-state index is 11.4. The summed E-state index contributed by atoms with van der Waals surface area (Å²) in [6.07, 6.45) is 1.33. The molecule has 0 heterocycles. The Kier molecular flexibility index (Phi) is 6.02. The van der Waals surface area contributed by atoms with Gasteiger partial charge in [0.05, 0.1) is 6.61 Å². The Hall–Kier alpha value is -1.55. The van der Waals surface area contributed by atoms with E-state index in [1.54, 1.807) is 6.92 Å². The monoisotopic (exact) mass is 279 g/mol. The molecule has 0 aromatic heterocycles. The molecule has 20 heavy (non-hydrogen) atoms. The van der Waals surface area contributed by atoms with E-state index < -0.39 is 11.5 Å². The Morgan fingerprint density at radius 1 is 1.35 bits per heavy atom. The molecule has 0 amide bonds. The van der Waals surface area contributed by atoms with Crippen molar-refractivity contribution in [3.05, 3.63) is 29.3 Å². The molecular weight excluding hydrogens is 254 g/mol. The predicted octanol–water partition coefficient (Wildman–Crippen LogP) is 2.92. The molecule has 0 radical (unpaired) electrons. The summed E-state index contributed by atoms with van der Waals surface area (Å²) in [6, 6.07) is 5.91. The third kappa shape index (κ3) is 4.53. The van der Waals surface area contributed by atoms with Crippen molar-refractivity contribution in [3.63, 3.8) is 0 Å². The van der Waals surface area contributed by atoms with Gasteiger partial charge in [-0.05, 0) is 57.0 Å². The normalized spacial score (nSPS) is 13.8. The molecule has 0 aliphatic heterocycles. The van der Waals surface area contributed by atoms with Gasteiger partial charge >= 0.3 is 5.97 Å². The SMILES string of the molecule is CCCNC(C)(CCOc1ccc(C)c(C)c1)C(=O)O. The first-order chi connectivity index (χ1) is 9.39. The van der Waals surface area contributed by atoms with Crippen LogP contribution in [-0.2, 0) is 4.79 Å². The number of aryl methyl sites for hydroxylation is 2. The third-order valence-electron chi connectivity index (χ3n) is 3.59. The molecule has 1 unspecified atom stereocenters. The summed E-state index contributed by atoms with van der Waals surface area (Å²) in [5.41, 5.74) is 1.46. The molecule has 1 rings (SSSR count). The maximum Gasteiger partial charge on any atom is 0.323 e. The number of carboxylic acid groups (broad SMARTS) is 1. The maximum atomic E-state index is 11.4. The van der Waals surface area contributed by atoms with Crippen LogP contribution < -0.4 is 10.1 Å². The zero-order valence-electron chi connectivity index (χ0n) is 12.8. The second-order valence-corrected chi connectivity index (χ2v) is 5.41. The minimum absolute atomic E-state index is 0.377. The summed E-state index contributed by atoms with van der Waals surface area (Å²) in [5.74, 6) is -0.0500. The van der Waals surface area contributed by atoms with Crippen molar-refractivity contribution in [2.45, 2.75) is 46.1 Å². The van der Waals surface area contributed by atoms with Gasteiger partial charge < -0.3 is 15.2 Å². The highest BCUT2D eigenvalue weighted by Gasteiger charge is 2.31. The zero-order valence-corrected chi connectivity index (χ0v) is 12.8. The van der Waals surface area contributed by atoms with Gasteiger partial charge in [0.15, 0.2) is 0 Å². The molecule has 0 saturated heterocycles. The summed E-state index contributed by atoms with van der Waals surface area (Å²) in [5, 5.41) is 12.4. The summed E-state index contributed by atoms with van der Waals surface area (Å²) in [4.78, 5) is 11.4. The Bertz CT molecular complexity index is 459. The standard InChI is InChI=1S/C16H25NO3/c1-5-9-17-16(4,15(18)19)8-10-20-14-7-6-12(2)13(3)11-14/h6-7,11,17H,5,8-10H2,1-4H3,(H,18,19). The Labute approximate surface area is 121 Å². The van der Waals surface area contributed by atoms with E-state index in [0.717, 1.165) is 12.2 Å². The van der Waals surface area contributed by atoms with E-state index in [9.17, 15) is 9.90 Å². The van der Waals surface area contributed by atoms with Gasteiger partial charge in [-0.1, -0.05) is 13.0 Å². The van der Waals surface area contributed by atoms with Crippen molar-refractivity contribution in [1.82, 2.24) is 5.32 Å². The molecule has 0 fully saturated rings. The van der Waals surface area contributed by atoms with Gasteiger partial charge in [0.1, 0.15) is 11.3 Å². The molecule has 0 saturated carbocycles. The van der Waals surface area contributed by atoms with E-state index in [1.165, 1.54) is 11.1 Å². The van der Waals surface area contributed by atoms with Gasteiger partial charge in [0.2, 0.25) is 0 Å². The lowest BCUT2D eigenvalue weighted by Crippen LogP contribution is -2.50. The molecule has 1 aromatic rings. The molecule has 0 aliphatic rings. The molecule has 1 atom stereocenters. The van der Waals surface area contributed by atoms with Gasteiger partial charge in [-0.15, -0.1) is 0 Å². The van der Waals surface area contributed by atoms with E-state index >= 15 is 0 Å². The number of hydrogen-bond donors (Lipinski definition) is 2. The highest BCUT2D eigenvalue weighted by molar-refractivity contribution is 5.78. The van der Waals surface area contributed by atoms with Crippen LogP contribution in [0.3, 0.4) is 0 Å². The Morgan fingerprint density at radius 2 is 2.05 bits per heavy atom. The summed E-state index contributed by atoms with van der Waals surface area (Å²) >= 11 is 0. The van der Waals surface area contributed by atoms with Crippen molar-refractivity contribution in [1.29, 1.82) is 0 Å². The summed E-state index contributed by atoms with van der Waals surface area (Å²) in [6.45, 7) is 8.87. The third-order valence-corrected chi connectivity index (χ3v) is 3.59. The summed E-state index contributed by atoms with van der Waals surface area (Å²) < 4.78 is 5.66. The second-order valence-electron chi connectivity index (χ2n) is 5.41. The number of aliphatic carboxylic acids is 1. The van der Waals surface area contributed by atoms with Crippen molar-refractivity contribution in [2.24, 2.45) is 0 Å². The van der Waals surface area contributed by atoms with Crippen LogP contribution >= 0.6 is 0 Å². The second kappa shape index (κ2) is 7.29. The number of benzene rings is 1. The van der Waals surface area contributed by atoms with E-state index in [2.05, 4.69) is 12.2 Å². The fourth-order valence-electron chi connectivity index (χ4n) is 1.85. The number of nitrogens with one attached hydrogen (secondary N) is 1. The summed E-state index contributed by atoms with van der Waals surface area (Å²) in [7, 11) is 0. The molecule has 112 valence electrons. The highest BCUT2D eigenvalue weighted by atomic mass is 16.5. The number of hydrogen-bond acceptors (Lipinski definition) is 3. The van der Waals surface area contributed by atoms with Crippen LogP contribution in [-0.4, -0.2) is 29.8 Å². The number of carboxylic acids is 1. The van der Waals surface area contributed by atoms with E-state index in [4.69, 9.17) is 4.74 Å². The quantitative estimate of drug-likeness (QED) is 0.768. The average molecular weight is 279 g/mol. The topological polar surface area (TPSA) is 58.6 Å². The van der Waals surface area contributed by atoms with Crippen molar-refractivity contribution in [2.75, 3.05) is 13.2 Å². The lowest BCUT2D eigenvalue weighted by Gasteiger charge is -2.26. The fraction of sp³-hybridized carbons (Fsp3) is 0.562. The van der Waals surface area contributed by atoms with Gasteiger partial charge in [-0.25, -0.2) is 0 Å². The Balaban J connectivity index is 2.55. The van der Waals surface area contributed by atoms with E-state index in [0.29, 0.717) is 19.6 Å². The molecule has 4 heteroatoms. The molecular formula is C16H25NO3. The largest absolute Gasteiger partial charge is 0.493 e. The Morgan fingerprint density at radius 3 is 2.60 bits per heavy atom. The van der Waals surface area contributed by atoms with Crippen molar-refractivity contribution < 1.29 is 14.6 Å². The van der Waals surface area contributed by atoms with Crippen LogP contribution in [0.2, 0.25) is 0 Å². The fourth-order valence-corrected chi connectivity index (χ4v) is 1.85. The first-order valence-electron chi connectivity index (χ1n) is 7.07. The first-order valence-corrected chi connectivity index (χ1v) is 7.07. The molecule has 0 bridgehead atoms. The smallest absolute Gasteiger partial charge is 0.323 e. The zero-order chi connectivity index (χ0) is 15.2. The van der Waals surface area contributed by atoms with Crippen LogP contribution in [0, 0.1) is 13.8 Å². The minimum atomic E-state index is -0.935. The molecule has 1 aromatic carbocycles. The minimum Gasteiger partial charge on any atom is -0.493 e. The number of carbonyl (C=O) groups is 1. The number of rotatable bonds is 8. The molecule has 0 aliphatic carbocycles. The molecule has 0 spiro atoms. The molecule has 2 N–H and O–H groups in total. The van der Waals surface area contributed by atoms with Crippen molar-refractivity contribution >= 4 is 5.97 Å². The lowest BCUT2D eigenvalue weighted by molar-refractivity contribution is -0.144. The van der Waals surface area contributed by atoms with Crippen molar-refractivity contribution in [3.8, 4) is 5.75 Å². The average Bonchev–Trinajstić information content (AvgIpc) is 2.40. The highest BCUT2D eigenvalue weighted by Crippen LogP contribution is 2.18. The van der Waals surface area contributed by atoms with Crippen LogP contribution in [0.4, 0.5) is 0 Å². The first kappa shape index (κ1) is 16.5.